The minimum Gasteiger partial charge on any atom is -0.490 e. The fourth-order valence-electron chi connectivity index (χ4n) is 2.29. The number of para-hydroxylation sites is 1. The van der Waals surface area contributed by atoms with Gasteiger partial charge in [0.05, 0.1) is 32.9 Å². The average Bonchev–Trinajstić information content (AvgIpc) is 2.51. The number of benzene rings is 2. The second kappa shape index (κ2) is 6.11. The van der Waals surface area contributed by atoms with E-state index < -0.39 is 10.0 Å². The Kier molecular flexibility index (Phi) is 4.31. The van der Waals surface area contributed by atoms with E-state index in [1.807, 2.05) is 11.9 Å². The normalized spacial score (nSPS) is 14.1. The van der Waals surface area contributed by atoms with Crippen molar-refractivity contribution in [3.8, 4) is 5.75 Å². The summed E-state index contributed by atoms with van der Waals surface area (Å²) in [6.07, 6.45) is 0. The van der Waals surface area contributed by atoms with Gasteiger partial charge >= 0.3 is 0 Å². The number of ether oxygens (including phenoxy) is 1. The summed E-state index contributed by atoms with van der Waals surface area (Å²) < 4.78 is 33.2. The summed E-state index contributed by atoms with van der Waals surface area (Å²) in [6, 6.07) is 9.49. The van der Waals surface area contributed by atoms with Crippen LogP contribution in [0.2, 0.25) is 10.0 Å². The Labute approximate surface area is 144 Å². The molecule has 1 aliphatic rings. The van der Waals surface area contributed by atoms with Crippen LogP contribution in [-0.2, 0) is 10.0 Å². The molecule has 5 nitrogen and oxygen atoms in total. The van der Waals surface area contributed by atoms with Crippen LogP contribution < -0.4 is 14.4 Å². The lowest BCUT2D eigenvalue weighted by molar-refractivity contribution is 0.311. The molecule has 1 aliphatic heterocycles. The zero-order valence-electron chi connectivity index (χ0n) is 12.2. The summed E-state index contributed by atoms with van der Waals surface area (Å²) in [5.74, 6) is 0.661. The largest absolute Gasteiger partial charge is 0.490 e. The minimum atomic E-state index is -3.82. The van der Waals surface area contributed by atoms with Crippen molar-refractivity contribution >= 4 is 44.6 Å². The van der Waals surface area contributed by atoms with Crippen LogP contribution in [0.1, 0.15) is 0 Å². The second-order valence-electron chi connectivity index (χ2n) is 5.10. The van der Waals surface area contributed by atoms with Gasteiger partial charge in [0.25, 0.3) is 10.0 Å². The standard InChI is InChI=1S/C15H14Cl2N2O3S/c1-19-7-8-22-14-6-5-10(9-13(14)19)23(20,21)18-15-11(16)3-2-4-12(15)17/h2-6,9,18H,7-8H2,1H3. The van der Waals surface area contributed by atoms with E-state index >= 15 is 0 Å². The maximum atomic E-state index is 12.6. The van der Waals surface area contributed by atoms with Gasteiger partial charge in [0.15, 0.2) is 0 Å². The van der Waals surface area contributed by atoms with E-state index in [-0.39, 0.29) is 20.6 Å². The van der Waals surface area contributed by atoms with Crippen molar-refractivity contribution in [2.24, 2.45) is 0 Å². The maximum absolute atomic E-state index is 12.6. The Bertz CT molecular complexity index is 836. The third kappa shape index (κ3) is 3.20. The first-order valence-electron chi connectivity index (χ1n) is 6.83. The summed E-state index contributed by atoms with van der Waals surface area (Å²) in [6.45, 7) is 1.27. The number of nitrogens with zero attached hydrogens (tertiary/aromatic N) is 1. The van der Waals surface area contributed by atoms with E-state index in [1.54, 1.807) is 30.3 Å². The highest BCUT2D eigenvalue weighted by molar-refractivity contribution is 7.92. The molecular formula is C15H14Cl2N2O3S. The topological polar surface area (TPSA) is 58.6 Å². The third-order valence-corrected chi connectivity index (χ3v) is 5.51. The molecule has 0 fully saturated rings. The van der Waals surface area contributed by atoms with Gasteiger partial charge in [-0.3, -0.25) is 4.72 Å². The number of halogens is 2. The van der Waals surface area contributed by atoms with Gasteiger partial charge in [-0.25, -0.2) is 8.42 Å². The molecule has 0 unspecified atom stereocenters. The molecule has 1 heterocycles. The van der Waals surface area contributed by atoms with Crippen LogP contribution in [-0.4, -0.2) is 28.6 Å². The number of hydrogen-bond donors (Lipinski definition) is 1. The monoisotopic (exact) mass is 372 g/mol. The average molecular weight is 373 g/mol. The van der Waals surface area contributed by atoms with Gasteiger partial charge in [0, 0.05) is 7.05 Å². The Balaban J connectivity index is 1.99. The fraction of sp³-hybridized carbons (Fsp3) is 0.200. The second-order valence-corrected chi connectivity index (χ2v) is 7.60. The van der Waals surface area contributed by atoms with E-state index in [0.29, 0.717) is 18.9 Å². The predicted molar refractivity (Wildman–Crippen MR) is 92.5 cm³/mol. The Morgan fingerprint density at radius 3 is 2.57 bits per heavy atom. The first-order valence-corrected chi connectivity index (χ1v) is 9.07. The number of anilines is 2. The van der Waals surface area contributed by atoms with E-state index in [0.717, 1.165) is 5.69 Å². The molecule has 0 aliphatic carbocycles. The van der Waals surface area contributed by atoms with Crippen LogP contribution in [0.15, 0.2) is 41.3 Å². The smallest absolute Gasteiger partial charge is 0.262 e. The highest BCUT2D eigenvalue weighted by Crippen LogP contribution is 2.35. The lowest BCUT2D eigenvalue weighted by Gasteiger charge is -2.28. The first kappa shape index (κ1) is 16.2. The Morgan fingerprint density at radius 2 is 1.87 bits per heavy atom. The minimum absolute atomic E-state index is 0.115. The summed E-state index contributed by atoms with van der Waals surface area (Å²) >= 11 is 12.0. The van der Waals surface area contributed by atoms with E-state index in [1.165, 1.54) is 6.07 Å². The van der Waals surface area contributed by atoms with Gasteiger partial charge < -0.3 is 9.64 Å². The number of fused-ring (bicyclic) bond motifs is 1. The lowest BCUT2D eigenvalue weighted by Crippen LogP contribution is -2.29. The Morgan fingerprint density at radius 1 is 1.17 bits per heavy atom. The molecule has 0 bridgehead atoms. The van der Waals surface area contributed by atoms with Crippen LogP contribution in [0.4, 0.5) is 11.4 Å². The van der Waals surface area contributed by atoms with Crippen LogP contribution >= 0.6 is 23.2 Å². The summed E-state index contributed by atoms with van der Waals surface area (Å²) in [5, 5.41) is 0.471. The molecule has 0 atom stereocenters. The van der Waals surface area contributed by atoms with Crippen molar-refractivity contribution in [2.75, 3.05) is 29.8 Å². The molecule has 2 aromatic carbocycles. The highest BCUT2D eigenvalue weighted by Gasteiger charge is 2.22. The number of hydrogen-bond acceptors (Lipinski definition) is 4. The number of likely N-dealkylation sites (N-methyl/N-ethyl adjacent to an activating group) is 1. The van der Waals surface area contributed by atoms with Crippen molar-refractivity contribution in [2.45, 2.75) is 4.90 Å². The van der Waals surface area contributed by atoms with Crippen LogP contribution in [0.3, 0.4) is 0 Å². The molecule has 0 saturated carbocycles. The van der Waals surface area contributed by atoms with Crippen molar-refractivity contribution in [1.29, 1.82) is 0 Å². The zero-order valence-corrected chi connectivity index (χ0v) is 14.5. The SMILES string of the molecule is CN1CCOc2ccc(S(=O)(=O)Nc3c(Cl)cccc3Cl)cc21. The van der Waals surface area contributed by atoms with Crippen LogP contribution in [0.25, 0.3) is 0 Å². The molecule has 0 spiro atoms. The van der Waals surface area contributed by atoms with Crippen molar-refractivity contribution in [3.63, 3.8) is 0 Å². The first-order chi connectivity index (χ1) is 10.9. The van der Waals surface area contributed by atoms with Crippen molar-refractivity contribution in [1.82, 2.24) is 0 Å². The van der Waals surface area contributed by atoms with Gasteiger partial charge in [-0.2, -0.15) is 0 Å². The molecule has 0 radical (unpaired) electrons. The van der Waals surface area contributed by atoms with Gasteiger partial charge in [-0.1, -0.05) is 29.3 Å². The zero-order chi connectivity index (χ0) is 16.6. The highest BCUT2D eigenvalue weighted by atomic mass is 35.5. The number of nitrogens with one attached hydrogen (secondary N) is 1. The molecule has 2 aromatic rings. The summed E-state index contributed by atoms with van der Waals surface area (Å²) in [7, 11) is -1.93. The summed E-state index contributed by atoms with van der Waals surface area (Å²) in [5.41, 5.74) is 0.891. The van der Waals surface area contributed by atoms with Gasteiger partial charge in [0.2, 0.25) is 0 Å². The molecular weight excluding hydrogens is 359 g/mol. The fourth-order valence-corrected chi connectivity index (χ4v) is 4.01. The number of rotatable bonds is 3. The lowest BCUT2D eigenvalue weighted by atomic mass is 10.2. The van der Waals surface area contributed by atoms with Crippen molar-refractivity contribution in [3.05, 3.63) is 46.4 Å². The third-order valence-electron chi connectivity index (χ3n) is 3.54. The van der Waals surface area contributed by atoms with E-state index in [2.05, 4.69) is 4.72 Å². The van der Waals surface area contributed by atoms with E-state index in [9.17, 15) is 8.42 Å². The molecule has 122 valence electrons. The predicted octanol–water partition coefficient (Wildman–Crippen LogP) is 3.62. The van der Waals surface area contributed by atoms with Crippen molar-refractivity contribution < 1.29 is 13.2 Å². The van der Waals surface area contributed by atoms with Crippen LogP contribution in [0, 0.1) is 0 Å². The molecule has 0 saturated heterocycles. The summed E-state index contributed by atoms with van der Waals surface area (Å²) in [4.78, 5) is 2.06. The van der Waals surface area contributed by atoms with Crippen LogP contribution in [0.5, 0.6) is 5.75 Å². The molecule has 0 amide bonds. The molecule has 0 aromatic heterocycles. The Hall–Kier alpha value is -1.63. The van der Waals surface area contributed by atoms with Gasteiger partial charge in [0.1, 0.15) is 12.4 Å². The van der Waals surface area contributed by atoms with Gasteiger partial charge in [-0.15, -0.1) is 0 Å². The van der Waals surface area contributed by atoms with E-state index in [4.69, 9.17) is 27.9 Å². The maximum Gasteiger partial charge on any atom is 0.262 e. The number of sulfonamides is 1. The quantitative estimate of drug-likeness (QED) is 0.893. The van der Waals surface area contributed by atoms with Gasteiger partial charge in [-0.05, 0) is 30.3 Å². The molecule has 3 rings (SSSR count). The molecule has 1 N–H and O–H groups in total. The molecule has 8 heteroatoms. The molecule has 23 heavy (non-hydrogen) atoms.